The lowest BCUT2D eigenvalue weighted by atomic mass is 10.1. The van der Waals surface area contributed by atoms with E-state index in [1.807, 2.05) is 50.4 Å². The first-order chi connectivity index (χ1) is 9.85. The van der Waals surface area contributed by atoms with E-state index in [9.17, 15) is 9.90 Å². The van der Waals surface area contributed by atoms with Gasteiger partial charge in [0.05, 0.1) is 6.54 Å². The van der Waals surface area contributed by atoms with Crippen molar-refractivity contribution in [1.29, 1.82) is 0 Å². The topological polar surface area (TPSA) is 61.4 Å². The summed E-state index contributed by atoms with van der Waals surface area (Å²) in [6.07, 6.45) is -0.577. The van der Waals surface area contributed by atoms with Gasteiger partial charge in [-0.15, -0.1) is 22.7 Å². The van der Waals surface area contributed by atoms with Crippen LogP contribution in [0.3, 0.4) is 0 Å². The number of hydrogen-bond acceptors (Lipinski definition) is 4. The summed E-state index contributed by atoms with van der Waals surface area (Å²) in [5.41, 5.74) is -0.250. The number of amides is 2. The van der Waals surface area contributed by atoms with Crippen molar-refractivity contribution in [2.75, 3.05) is 0 Å². The van der Waals surface area contributed by atoms with Gasteiger partial charge < -0.3 is 15.7 Å². The zero-order valence-corrected chi connectivity index (χ0v) is 14.0. The lowest BCUT2D eigenvalue weighted by Crippen LogP contribution is -2.46. The Bertz CT molecular complexity index is 585. The van der Waals surface area contributed by atoms with E-state index in [0.717, 1.165) is 14.6 Å². The molecule has 4 nitrogen and oxygen atoms in total. The molecule has 0 fully saturated rings. The number of aliphatic hydroxyl groups excluding tert-OH is 1. The Balaban J connectivity index is 1.90. The second-order valence-corrected chi connectivity index (χ2v) is 7.96. The first-order valence-electron chi connectivity index (χ1n) is 6.71. The highest BCUT2D eigenvalue weighted by Crippen LogP contribution is 2.30. The van der Waals surface area contributed by atoms with Gasteiger partial charge in [-0.1, -0.05) is 6.07 Å². The van der Waals surface area contributed by atoms with Crippen molar-refractivity contribution in [2.45, 2.75) is 39.0 Å². The maximum Gasteiger partial charge on any atom is 0.315 e. The zero-order chi connectivity index (χ0) is 15.5. The smallest absolute Gasteiger partial charge is 0.315 e. The Kier molecular flexibility index (Phi) is 5.03. The summed E-state index contributed by atoms with van der Waals surface area (Å²) < 4.78 is 0. The van der Waals surface area contributed by atoms with Gasteiger partial charge in [-0.2, -0.15) is 0 Å². The van der Waals surface area contributed by atoms with E-state index >= 15 is 0 Å². The third kappa shape index (κ3) is 4.84. The number of carbonyl (C=O) groups excluding carboxylic acids is 1. The standard InChI is InChI=1S/C15H20N2O2S2/c1-15(2,3)17-14(19)16-9-10-6-7-12(21-10)13(18)11-5-4-8-20-11/h4-8,13,18H,9H2,1-3H3,(H2,16,17,19). The molecule has 0 aromatic carbocycles. The van der Waals surface area contributed by atoms with Crippen molar-refractivity contribution in [1.82, 2.24) is 10.6 Å². The number of hydrogen-bond donors (Lipinski definition) is 3. The average Bonchev–Trinajstić information content (AvgIpc) is 3.05. The largest absolute Gasteiger partial charge is 0.382 e. The molecule has 0 aliphatic rings. The molecule has 0 aliphatic heterocycles. The molecule has 0 radical (unpaired) electrons. The molecule has 0 spiro atoms. The second-order valence-electron chi connectivity index (χ2n) is 5.78. The summed E-state index contributed by atoms with van der Waals surface area (Å²) in [4.78, 5) is 14.5. The Morgan fingerprint density at radius 2 is 2.05 bits per heavy atom. The van der Waals surface area contributed by atoms with Crippen molar-refractivity contribution in [3.05, 3.63) is 44.3 Å². The van der Waals surface area contributed by atoms with Crippen LogP contribution >= 0.6 is 22.7 Å². The first-order valence-corrected chi connectivity index (χ1v) is 8.41. The monoisotopic (exact) mass is 324 g/mol. The molecule has 0 aliphatic carbocycles. The van der Waals surface area contributed by atoms with Crippen molar-refractivity contribution in [3.8, 4) is 0 Å². The summed E-state index contributed by atoms with van der Waals surface area (Å²) in [5.74, 6) is 0. The van der Waals surface area contributed by atoms with Crippen LogP contribution in [0.1, 0.15) is 41.5 Å². The number of thiophene rings is 2. The fraction of sp³-hybridized carbons (Fsp3) is 0.400. The molecule has 3 N–H and O–H groups in total. The molecule has 1 atom stereocenters. The van der Waals surface area contributed by atoms with Gasteiger partial charge >= 0.3 is 6.03 Å². The zero-order valence-electron chi connectivity index (χ0n) is 12.3. The molecule has 2 aromatic rings. The Morgan fingerprint density at radius 1 is 1.29 bits per heavy atom. The maximum absolute atomic E-state index is 11.7. The Labute approximate surface area is 132 Å². The van der Waals surface area contributed by atoms with Crippen molar-refractivity contribution in [3.63, 3.8) is 0 Å². The highest BCUT2D eigenvalue weighted by molar-refractivity contribution is 7.12. The van der Waals surface area contributed by atoms with E-state index in [1.165, 1.54) is 22.7 Å². The van der Waals surface area contributed by atoms with Crippen LogP contribution in [0.2, 0.25) is 0 Å². The summed E-state index contributed by atoms with van der Waals surface area (Å²) in [6, 6.07) is 7.51. The van der Waals surface area contributed by atoms with E-state index in [-0.39, 0.29) is 11.6 Å². The molecule has 2 heterocycles. The molecule has 2 aromatic heterocycles. The molecule has 0 saturated heterocycles. The van der Waals surface area contributed by atoms with Crippen LogP contribution in [-0.2, 0) is 6.54 Å². The van der Waals surface area contributed by atoms with Crippen LogP contribution in [0.15, 0.2) is 29.6 Å². The fourth-order valence-electron chi connectivity index (χ4n) is 1.78. The van der Waals surface area contributed by atoms with Gasteiger partial charge in [-0.05, 0) is 44.4 Å². The van der Waals surface area contributed by atoms with Gasteiger partial charge in [0.2, 0.25) is 0 Å². The van der Waals surface area contributed by atoms with Gasteiger partial charge in [0.25, 0.3) is 0 Å². The van der Waals surface area contributed by atoms with E-state index < -0.39 is 6.10 Å². The van der Waals surface area contributed by atoms with Crippen molar-refractivity contribution < 1.29 is 9.90 Å². The molecule has 114 valence electrons. The molecule has 0 saturated carbocycles. The number of carbonyl (C=O) groups is 1. The predicted octanol–water partition coefficient (Wildman–Crippen LogP) is 3.49. The van der Waals surface area contributed by atoms with Gasteiger partial charge in [-0.3, -0.25) is 0 Å². The summed E-state index contributed by atoms with van der Waals surface area (Å²) >= 11 is 3.05. The molecule has 6 heteroatoms. The van der Waals surface area contributed by atoms with Crippen LogP contribution in [0, 0.1) is 0 Å². The van der Waals surface area contributed by atoms with E-state index in [2.05, 4.69) is 10.6 Å². The van der Waals surface area contributed by atoms with Crippen molar-refractivity contribution >= 4 is 28.7 Å². The summed E-state index contributed by atoms with van der Waals surface area (Å²) in [7, 11) is 0. The third-order valence-electron chi connectivity index (χ3n) is 2.68. The maximum atomic E-state index is 11.7. The van der Waals surface area contributed by atoms with E-state index in [4.69, 9.17) is 0 Å². The van der Waals surface area contributed by atoms with Gasteiger partial charge in [0, 0.05) is 20.2 Å². The molecular weight excluding hydrogens is 304 g/mol. The van der Waals surface area contributed by atoms with E-state index in [1.54, 1.807) is 0 Å². The highest BCUT2D eigenvalue weighted by atomic mass is 32.1. The van der Waals surface area contributed by atoms with Gasteiger partial charge in [0.1, 0.15) is 6.10 Å². The predicted molar refractivity (Wildman–Crippen MR) is 87.8 cm³/mol. The highest BCUT2D eigenvalue weighted by Gasteiger charge is 2.15. The third-order valence-corrected chi connectivity index (χ3v) is 4.74. The van der Waals surface area contributed by atoms with Crippen LogP contribution < -0.4 is 10.6 Å². The lowest BCUT2D eigenvalue weighted by molar-refractivity contribution is 0.228. The first kappa shape index (κ1) is 16.0. The normalized spacial score (nSPS) is 13.0. The molecule has 21 heavy (non-hydrogen) atoms. The SMILES string of the molecule is CC(C)(C)NC(=O)NCc1ccc(C(O)c2cccs2)s1. The lowest BCUT2D eigenvalue weighted by Gasteiger charge is -2.20. The van der Waals surface area contributed by atoms with Crippen LogP contribution in [0.25, 0.3) is 0 Å². The van der Waals surface area contributed by atoms with Crippen molar-refractivity contribution in [2.24, 2.45) is 0 Å². The van der Waals surface area contributed by atoms with Gasteiger partial charge in [-0.25, -0.2) is 4.79 Å². The number of nitrogens with one attached hydrogen (secondary N) is 2. The summed E-state index contributed by atoms with van der Waals surface area (Å²) in [6.45, 7) is 6.28. The van der Waals surface area contributed by atoms with Crippen LogP contribution in [0.4, 0.5) is 4.79 Å². The minimum absolute atomic E-state index is 0.184. The van der Waals surface area contributed by atoms with E-state index in [0.29, 0.717) is 6.54 Å². The number of rotatable bonds is 4. The minimum atomic E-state index is -0.577. The molecule has 2 rings (SSSR count). The Hall–Kier alpha value is -1.37. The number of aliphatic hydroxyl groups is 1. The van der Waals surface area contributed by atoms with Crippen LogP contribution in [0.5, 0.6) is 0 Å². The molecule has 0 bridgehead atoms. The van der Waals surface area contributed by atoms with Gasteiger partial charge in [0.15, 0.2) is 0 Å². The number of urea groups is 1. The average molecular weight is 324 g/mol. The van der Waals surface area contributed by atoms with Crippen LogP contribution in [-0.4, -0.2) is 16.7 Å². The second kappa shape index (κ2) is 6.60. The molecule has 2 amide bonds. The Morgan fingerprint density at radius 3 is 2.67 bits per heavy atom. The summed E-state index contributed by atoms with van der Waals surface area (Å²) in [5, 5.41) is 17.9. The minimum Gasteiger partial charge on any atom is -0.382 e. The fourth-order valence-corrected chi connectivity index (χ4v) is 3.54. The molecular formula is C15H20N2O2S2. The quantitative estimate of drug-likeness (QED) is 0.806. The molecule has 1 unspecified atom stereocenters.